The Morgan fingerprint density at radius 3 is 1.87 bits per heavy atom. The lowest BCUT2D eigenvalue weighted by atomic mass is 9.91. The number of aromatic nitrogens is 1. The highest BCUT2D eigenvalue weighted by molar-refractivity contribution is 6.44. The predicted octanol–water partition coefficient (Wildman–Crippen LogP) is 10.7. The van der Waals surface area contributed by atoms with Crippen LogP contribution >= 0.6 is 0 Å². The van der Waals surface area contributed by atoms with Gasteiger partial charge in [0.2, 0.25) is 0 Å². The highest BCUT2D eigenvalue weighted by atomic mass is 19.2. The molecule has 0 radical (unpaired) electrons. The number of rotatable bonds is 6. The van der Waals surface area contributed by atoms with Crippen LogP contribution in [-0.2, 0) is 0 Å². The summed E-state index contributed by atoms with van der Waals surface area (Å²) in [5, 5.41) is 1.55. The Morgan fingerprint density at radius 1 is 0.630 bits per heavy atom. The van der Waals surface area contributed by atoms with E-state index in [9.17, 15) is 0 Å². The highest BCUT2D eigenvalue weighted by Crippen LogP contribution is 2.46. The fraction of sp³-hybridized carbons (Fsp3) is 0.0976. The van der Waals surface area contributed by atoms with E-state index >= 15 is 8.63 Å². The van der Waals surface area contributed by atoms with E-state index < -0.39 is 7.40 Å². The Hall–Kier alpha value is -5.29. The first-order valence-electron chi connectivity index (χ1n) is 15.5. The van der Waals surface area contributed by atoms with E-state index in [1.165, 1.54) is 4.48 Å². The quantitative estimate of drug-likeness (QED) is 0.169. The molecule has 5 aromatic carbocycles. The van der Waals surface area contributed by atoms with Crippen LogP contribution in [0.1, 0.15) is 44.6 Å². The van der Waals surface area contributed by atoms with E-state index in [0.29, 0.717) is 22.7 Å². The molecule has 2 heterocycles. The van der Waals surface area contributed by atoms with E-state index in [0.717, 1.165) is 66.6 Å². The summed E-state index contributed by atoms with van der Waals surface area (Å²) in [5.74, 6) is 0. The van der Waals surface area contributed by atoms with Gasteiger partial charge in [0.1, 0.15) is 0 Å². The van der Waals surface area contributed by atoms with Crippen molar-refractivity contribution in [2.24, 2.45) is 4.99 Å². The van der Waals surface area contributed by atoms with Crippen LogP contribution in [0.4, 0.5) is 8.63 Å². The molecule has 0 aliphatic carbocycles. The summed E-state index contributed by atoms with van der Waals surface area (Å²) >= 11 is 0. The van der Waals surface area contributed by atoms with Crippen LogP contribution in [0.3, 0.4) is 0 Å². The summed E-state index contributed by atoms with van der Waals surface area (Å²) < 4.78 is 32.9. The highest BCUT2D eigenvalue weighted by Gasteiger charge is 2.34. The number of aryl methyl sites for hydroxylation is 4. The minimum absolute atomic E-state index is 0.459. The van der Waals surface area contributed by atoms with Crippen LogP contribution in [0, 0.1) is 27.7 Å². The normalized spacial score (nSPS) is 14.0. The maximum Gasteiger partial charge on any atom is 0.678 e. The number of halogens is 2. The molecular weight excluding hydrogens is 569 g/mol. The third-order valence-corrected chi connectivity index (χ3v) is 8.73. The molecule has 0 fully saturated rings. The van der Waals surface area contributed by atoms with Crippen LogP contribution in [0.25, 0.3) is 33.2 Å². The van der Waals surface area contributed by atoms with Gasteiger partial charge in [-0.25, -0.2) is 4.99 Å². The van der Waals surface area contributed by atoms with Gasteiger partial charge in [-0.15, -0.1) is 0 Å². The lowest BCUT2D eigenvalue weighted by Gasteiger charge is -2.19. The molecule has 2 nitrogen and oxygen atoms in total. The fourth-order valence-electron chi connectivity index (χ4n) is 6.92. The standard InChI is InChI=1S/C41H33BF2N2/c1-26-14-13-19-32(24-26)38(39-35(30-15-7-5-8-16-30)25-36(45-39)31-17-9-6-10-18-31)41-34-21-12-11-20-33(34)40(46(41)42(43)44)37-28(3)22-27(2)23-29(37)4/h5-25H,1-4H3. The number of nitrogens with zero attached hydrogens (tertiary/aromatic N) is 2. The molecular formula is C41H33BF2N2. The third kappa shape index (κ3) is 5.12. The minimum atomic E-state index is -2.80. The Labute approximate surface area is 269 Å². The first-order valence-corrected chi connectivity index (χ1v) is 15.5. The second kappa shape index (κ2) is 11.9. The van der Waals surface area contributed by atoms with Crippen molar-refractivity contribution < 1.29 is 8.63 Å². The van der Waals surface area contributed by atoms with Crippen molar-refractivity contribution >= 4 is 35.0 Å². The lowest BCUT2D eigenvalue weighted by Crippen LogP contribution is -2.18. The molecule has 0 N–H and O–H groups in total. The van der Waals surface area contributed by atoms with Gasteiger partial charge in [-0.05, 0) is 56.0 Å². The molecule has 46 heavy (non-hydrogen) atoms. The average Bonchev–Trinajstić information content (AvgIpc) is 3.63. The monoisotopic (exact) mass is 602 g/mol. The topological polar surface area (TPSA) is 17.3 Å². The number of hydrogen-bond donors (Lipinski definition) is 0. The largest absolute Gasteiger partial charge is 0.678 e. The molecule has 6 aromatic rings. The molecule has 1 aliphatic rings. The Morgan fingerprint density at radius 2 is 1.24 bits per heavy atom. The van der Waals surface area contributed by atoms with Crippen LogP contribution in [0.5, 0.6) is 0 Å². The van der Waals surface area contributed by atoms with Gasteiger partial charge in [-0.3, -0.25) is 8.63 Å². The van der Waals surface area contributed by atoms with E-state index in [-0.39, 0.29) is 0 Å². The zero-order valence-electron chi connectivity index (χ0n) is 26.4. The van der Waals surface area contributed by atoms with Gasteiger partial charge >= 0.3 is 7.40 Å². The number of hydrogen-bond acceptors (Lipinski definition) is 1. The van der Waals surface area contributed by atoms with Crippen molar-refractivity contribution in [2.75, 3.05) is 0 Å². The summed E-state index contributed by atoms with van der Waals surface area (Å²) in [6.45, 7) is 8.09. The smallest absolute Gasteiger partial charge is 0.324 e. The Bertz CT molecular complexity index is 2180. The predicted molar refractivity (Wildman–Crippen MR) is 190 cm³/mol. The van der Waals surface area contributed by atoms with Gasteiger partial charge < -0.3 is 4.48 Å². The van der Waals surface area contributed by atoms with Gasteiger partial charge in [0.05, 0.1) is 17.1 Å². The van der Waals surface area contributed by atoms with E-state index in [4.69, 9.17) is 4.99 Å². The van der Waals surface area contributed by atoms with E-state index in [1.54, 1.807) is 0 Å². The van der Waals surface area contributed by atoms with Crippen LogP contribution in [0.2, 0.25) is 0 Å². The minimum Gasteiger partial charge on any atom is -0.324 e. The van der Waals surface area contributed by atoms with Crippen molar-refractivity contribution in [3.8, 4) is 11.3 Å². The van der Waals surface area contributed by atoms with Crippen molar-refractivity contribution in [3.05, 3.63) is 178 Å². The van der Waals surface area contributed by atoms with Gasteiger partial charge in [-0.2, -0.15) is 0 Å². The van der Waals surface area contributed by atoms with Crippen molar-refractivity contribution in [1.82, 2.24) is 4.48 Å². The van der Waals surface area contributed by atoms with E-state index in [1.807, 2.05) is 119 Å². The number of benzene rings is 5. The number of allylic oxidation sites excluding steroid dienone is 2. The van der Waals surface area contributed by atoms with Gasteiger partial charge in [0, 0.05) is 38.7 Å². The van der Waals surface area contributed by atoms with Gasteiger partial charge in [-0.1, -0.05) is 132 Å². The molecule has 0 saturated heterocycles. The zero-order chi connectivity index (χ0) is 31.9. The van der Waals surface area contributed by atoms with Crippen molar-refractivity contribution in [2.45, 2.75) is 27.7 Å². The second-order valence-electron chi connectivity index (χ2n) is 12.0. The molecule has 0 atom stereocenters. The summed E-state index contributed by atoms with van der Waals surface area (Å²) in [4.78, 5) is 5.28. The molecule has 0 saturated carbocycles. The van der Waals surface area contributed by atoms with Crippen molar-refractivity contribution in [1.29, 1.82) is 0 Å². The van der Waals surface area contributed by atoms with Gasteiger partial charge in [0.15, 0.2) is 0 Å². The number of aliphatic imine (C=N–C) groups is 1. The molecule has 0 amide bonds. The summed E-state index contributed by atoms with van der Waals surface area (Å²) in [6.07, 6.45) is 2.09. The summed E-state index contributed by atoms with van der Waals surface area (Å²) in [5.41, 5.74) is 11.7. The fourth-order valence-corrected chi connectivity index (χ4v) is 6.92. The zero-order valence-corrected chi connectivity index (χ0v) is 26.4. The van der Waals surface area contributed by atoms with Crippen molar-refractivity contribution in [3.63, 3.8) is 0 Å². The molecule has 1 aliphatic heterocycles. The van der Waals surface area contributed by atoms with Crippen LogP contribution < -0.4 is 0 Å². The Kier molecular flexibility index (Phi) is 7.62. The molecule has 7 rings (SSSR count). The first kappa shape index (κ1) is 29.4. The Balaban J connectivity index is 1.67. The van der Waals surface area contributed by atoms with Crippen LogP contribution in [-0.4, -0.2) is 17.6 Å². The lowest BCUT2D eigenvalue weighted by molar-refractivity contribution is 0.630. The summed E-state index contributed by atoms with van der Waals surface area (Å²) in [7, 11) is -2.80. The molecule has 0 bridgehead atoms. The maximum absolute atomic E-state index is 15.8. The van der Waals surface area contributed by atoms with Gasteiger partial charge in [0.25, 0.3) is 0 Å². The first-order chi connectivity index (χ1) is 22.3. The number of fused-ring (bicyclic) bond motifs is 1. The maximum atomic E-state index is 15.8. The SMILES string of the molecule is Cc1cccc(C(=C2N=C(c3ccccc3)C=C2c2ccccc2)c2c3ccccc3c(-c3c(C)cc(C)cc3C)n2B(F)F)c1. The van der Waals surface area contributed by atoms with Crippen LogP contribution in [0.15, 0.2) is 138 Å². The average molecular weight is 603 g/mol. The molecule has 224 valence electrons. The van der Waals surface area contributed by atoms with E-state index in [2.05, 4.69) is 36.4 Å². The molecule has 0 spiro atoms. The molecule has 5 heteroatoms. The third-order valence-electron chi connectivity index (χ3n) is 8.73. The summed E-state index contributed by atoms with van der Waals surface area (Å²) in [6, 6.07) is 40.1. The second-order valence-corrected chi connectivity index (χ2v) is 12.0. The molecule has 1 aromatic heterocycles. The molecule has 0 unspecified atom stereocenters.